The molecule has 1 N–H and O–H groups in total. The van der Waals surface area contributed by atoms with Crippen LogP contribution in [-0.4, -0.2) is 25.5 Å². The number of methoxy groups -OCH3 is 1. The normalized spacial score (nSPS) is 11.1. The molecule has 6 heteroatoms. The van der Waals surface area contributed by atoms with Gasteiger partial charge in [0.1, 0.15) is 4.88 Å². The lowest BCUT2D eigenvalue weighted by atomic mass is 9.84. The molecule has 4 nitrogen and oxygen atoms in total. The van der Waals surface area contributed by atoms with E-state index in [4.69, 9.17) is 11.6 Å². The molecule has 0 fully saturated rings. The zero-order valence-corrected chi connectivity index (χ0v) is 14.8. The summed E-state index contributed by atoms with van der Waals surface area (Å²) in [4.78, 5) is 24.5. The molecule has 23 heavy (non-hydrogen) atoms. The van der Waals surface area contributed by atoms with Gasteiger partial charge in [0.25, 0.3) is 5.91 Å². The Labute approximate surface area is 144 Å². The highest BCUT2D eigenvalue weighted by molar-refractivity contribution is 7.15. The van der Waals surface area contributed by atoms with Crippen LogP contribution in [0.5, 0.6) is 0 Å². The van der Waals surface area contributed by atoms with Crippen molar-refractivity contribution < 1.29 is 14.3 Å². The van der Waals surface area contributed by atoms with Crippen molar-refractivity contribution in [2.24, 2.45) is 0 Å². The molecule has 2 rings (SSSR count). The maximum absolute atomic E-state index is 12.2. The summed E-state index contributed by atoms with van der Waals surface area (Å²) in [5, 5.41) is 3.59. The molecule has 0 atom stereocenters. The zero-order chi connectivity index (χ0) is 17.0. The minimum Gasteiger partial charge on any atom is -0.465 e. The van der Waals surface area contributed by atoms with Crippen LogP contribution in [0.15, 0.2) is 36.4 Å². The first-order chi connectivity index (χ1) is 10.8. The van der Waals surface area contributed by atoms with Gasteiger partial charge < -0.3 is 10.1 Å². The van der Waals surface area contributed by atoms with E-state index in [1.807, 2.05) is 38.1 Å². The van der Waals surface area contributed by atoms with Crippen molar-refractivity contribution in [3.8, 4) is 0 Å². The van der Waals surface area contributed by atoms with Gasteiger partial charge in [0.2, 0.25) is 0 Å². The number of hydrogen-bond acceptors (Lipinski definition) is 4. The Bertz CT molecular complexity index is 707. The summed E-state index contributed by atoms with van der Waals surface area (Å²) >= 11 is 7.02. The molecule has 0 aliphatic carbocycles. The third-order valence-corrected chi connectivity index (χ3v) is 4.85. The number of benzene rings is 1. The Morgan fingerprint density at radius 1 is 1.13 bits per heavy atom. The maximum atomic E-state index is 12.2. The molecule has 0 radical (unpaired) electrons. The number of rotatable bonds is 5. The molecule has 0 unspecified atom stereocenters. The Morgan fingerprint density at radius 3 is 2.35 bits per heavy atom. The number of nitrogens with one attached hydrogen (secondary N) is 1. The number of hydrogen-bond donors (Lipinski definition) is 1. The van der Waals surface area contributed by atoms with E-state index >= 15 is 0 Å². The smallest absolute Gasteiger partial charge is 0.348 e. The van der Waals surface area contributed by atoms with Gasteiger partial charge in [0.15, 0.2) is 0 Å². The molecule has 0 saturated heterocycles. The molecule has 1 aromatic carbocycles. The highest BCUT2D eigenvalue weighted by atomic mass is 35.5. The average molecular weight is 352 g/mol. The Kier molecular flexibility index (Phi) is 5.44. The molecule has 1 amide bonds. The van der Waals surface area contributed by atoms with Crippen LogP contribution in [0, 0.1) is 0 Å². The predicted molar refractivity (Wildman–Crippen MR) is 92.5 cm³/mol. The van der Waals surface area contributed by atoms with Gasteiger partial charge in [-0.1, -0.05) is 37.6 Å². The second kappa shape index (κ2) is 7.15. The molecular weight excluding hydrogens is 334 g/mol. The van der Waals surface area contributed by atoms with Crippen LogP contribution in [0.3, 0.4) is 0 Å². The number of ether oxygens (including phenoxy) is 1. The Morgan fingerprint density at radius 2 is 1.74 bits per heavy atom. The maximum Gasteiger partial charge on any atom is 0.348 e. The van der Waals surface area contributed by atoms with Crippen molar-refractivity contribution >= 4 is 34.8 Å². The van der Waals surface area contributed by atoms with E-state index in [1.54, 1.807) is 12.1 Å². The first kappa shape index (κ1) is 17.5. The first-order valence-corrected chi connectivity index (χ1v) is 8.25. The standard InChI is InChI=1S/C17H18ClNO3S/c1-17(2,11-4-6-12(18)7-5-11)10-19-15(20)13-8-9-14(23-13)16(21)22-3/h4-9H,10H2,1-3H3,(H,19,20). The summed E-state index contributed by atoms with van der Waals surface area (Å²) in [5.41, 5.74) is 0.853. The molecule has 0 spiro atoms. The van der Waals surface area contributed by atoms with E-state index in [9.17, 15) is 9.59 Å². The van der Waals surface area contributed by atoms with Gasteiger partial charge in [-0.3, -0.25) is 4.79 Å². The summed E-state index contributed by atoms with van der Waals surface area (Å²) in [5.74, 6) is -0.636. The largest absolute Gasteiger partial charge is 0.465 e. The minimum absolute atomic E-state index is 0.202. The van der Waals surface area contributed by atoms with Crippen molar-refractivity contribution in [3.63, 3.8) is 0 Å². The fourth-order valence-corrected chi connectivity index (χ4v) is 3.03. The fourth-order valence-electron chi connectivity index (χ4n) is 2.06. The van der Waals surface area contributed by atoms with Gasteiger partial charge in [-0.2, -0.15) is 0 Å². The zero-order valence-electron chi connectivity index (χ0n) is 13.2. The summed E-state index contributed by atoms with van der Waals surface area (Å²) in [6.45, 7) is 4.56. The van der Waals surface area contributed by atoms with Crippen molar-refractivity contribution in [1.29, 1.82) is 0 Å². The number of carbonyl (C=O) groups excluding carboxylic acids is 2. The van der Waals surface area contributed by atoms with E-state index < -0.39 is 5.97 Å². The first-order valence-electron chi connectivity index (χ1n) is 7.06. The summed E-state index contributed by atoms with van der Waals surface area (Å²) < 4.78 is 4.64. The van der Waals surface area contributed by atoms with Crippen molar-refractivity contribution in [2.75, 3.05) is 13.7 Å². The molecule has 2 aromatic rings. The van der Waals surface area contributed by atoms with E-state index in [0.29, 0.717) is 21.3 Å². The van der Waals surface area contributed by atoms with Crippen LogP contribution in [0.4, 0.5) is 0 Å². The van der Waals surface area contributed by atoms with E-state index in [0.717, 1.165) is 16.9 Å². The van der Waals surface area contributed by atoms with Crippen LogP contribution in [-0.2, 0) is 10.2 Å². The van der Waals surface area contributed by atoms with Gasteiger partial charge in [-0.15, -0.1) is 11.3 Å². The van der Waals surface area contributed by atoms with Crippen molar-refractivity contribution in [3.05, 3.63) is 56.7 Å². The molecule has 0 aliphatic rings. The van der Waals surface area contributed by atoms with Crippen molar-refractivity contribution in [1.82, 2.24) is 5.32 Å². The molecule has 0 aliphatic heterocycles. The monoisotopic (exact) mass is 351 g/mol. The third kappa shape index (κ3) is 4.33. The summed E-state index contributed by atoms with van der Waals surface area (Å²) in [7, 11) is 1.32. The second-order valence-electron chi connectivity index (χ2n) is 5.73. The van der Waals surface area contributed by atoms with Crippen LogP contribution in [0.25, 0.3) is 0 Å². The number of amides is 1. The third-order valence-electron chi connectivity index (χ3n) is 3.53. The lowest BCUT2D eigenvalue weighted by Gasteiger charge is -2.25. The SMILES string of the molecule is COC(=O)c1ccc(C(=O)NCC(C)(C)c2ccc(Cl)cc2)s1. The number of carbonyl (C=O) groups is 2. The lowest BCUT2D eigenvalue weighted by Crippen LogP contribution is -2.36. The lowest BCUT2D eigenvalue weighted by molar-refractivity contribution is 0.0606. The number of esters is 1. The molecule has 122 valence electrons. The molecule has 1 aromatic heterocycles. The van der Waals surface area contributed by atoms with Gasteiger partial charge >= 0.3 is 5.97 Å². The summed E-state index contributed by atoms with van der Waals surface area (Å²) in [6.07, 6.45) is 0. The highest BCUT2D eigenvalue weighted by Crippen LogP contribution is 2.24. The van der Waals surface area contributed by atoms with Crippen LogP contribution in [0.1, 0.15) is 38.8 Å². The van der Waals surface area contributed by atoms with E-state index in [2.05, 4.69) is 10.1 Å². The van der Waals surface area contributed by atoms with Crippen LogP contribution < -0.4 is 5.32 Å². The number of thiophene rings is 1. The molecule has 0 bridgehead atoms. The van der Waals surface area contributed by atoms with E-state index in [-0.39, 0.29) is 11.3 Å². The summed E-state index contributed by atoms with van der Waals surface area (Å²) in [6, 6.07) is 10.8. The topological polar surface area (TPSA) is 55.4 Å². The highest BCUT2D eigenvalue weighted by Gasteiger charge is 2.22. The van der Waals surface area contributed by atoms with Gasteiger partial charge in [-0.25, -0.2) is 4.79 Å². The Hall–Kier alpha value is -1.85. The Balaban J connectivity index is 2.01. The predicted octanol–water partition coefficient (Wildman–Crippen LogP) is 3.90. The van der Waals surface area contributed by atoms with Crippen LogP contribution >= 0.6 is 22.9 Å². The second-order valence-corrected chi connectivity index (χ2v) is 7.25. The molecule has 0 saturated carbocycles. The van der Waals surface area contributed by atoms with Crippen molar-refractivity contribution in [2.45, 2.75) is 19.3 Å². The molecular formula is C17H18ClNO3S. The fraction of sp³-hybridized carbons (Fsp3) is 0.294. The average Bonchev–Trinajstić information content (AvgIpc) is 3.02. The minimum atomic E-state index is -0.435. The van der Waals surface area contributed by atoms with E-state index in [1.165, 1.54) is 7.11 Å². The quantitative estimate of drug-likeness (QED) is 0.831. The number of halogens is 1. The van der Waals surface area contributed by atoms with Crippen LogP contribution in [0.2, 0.25) is 5.02 Å². The van der Waals surface area contributed by atoms with Gasteiger partial charge in [0.05, 0.1) is 12.0 Å². The van der Waals surface area contributed by atoms with Gasteiger partial charge in [-0.05, 0) is 29.8 Å². The molecule has 1 heterocycles. The van der Waals surface area contributed by atoms with Gasteiger partial charge in [0, 0.05) is 17.0 Å².